The molecule has 3 unspecified atom stereocenters. The number of rotatable bonds is 3. The minimum atomic E-state index is -0.956. The normalized spacial score (nSPS) is 24.9. The molecule has 2 heterocycles. The highest BCUT2D eigenvalue weighted by Crippen LogP contribution is 2.42. The summed E-state index contributed by atoms with van der Waals surface area (Å²) >= 11 is 0. The van der Waals surface area contributed by atoms with Crippen LogP contribution in [-0.2, 0) is 9.59 Å². The van der Waals surface area contributed by atoms with Gasteiger partial charge >= 0.3 is 5.97 Å². The number of carboxylic acids is 1. The highest BCUT2D eigenvalue weighted by Gasteiger charge is 2.48. The Hall–Kier alpha value is -2.56. The Morgan fingerprint density at radius 3 is 2.52 bits per heavy atom. The molecule has 0 radical (unpaired) electrons. The average Bonchev–Trinajstić information content (AvgIpc) is 2.84. The van der Waals surface area contributed by atoms with Crippen molar-refractivity contribution in [1.82, 2.24) is 9.80 Å². The number of hydrogen-bond donors (Lipinski definition) is 1. The van der Waals surface area contributed by atoms with Crippen LogP contribution in [0, 0.1) is 5.92 Å². The van der Waals surface area contributed by atoms with Gasteiger partial charge in [-0.15, -0.1) is 0 Å². The largest absolute Gasteiger partial charge is 0.478 e. The quantitative estimate of drug-likeness (QED) is 0.931. The van der Waals surface area contributed by atoms with Crippen LogP contribution in [0.25, 0.3) is 0 Å². The number of benzene rings is 1. The lowest BCUT2D eigenvalue weighted by Crippen LogP contribution is -2.48. The smallest absolute Gasteiger partial charge is 0.334 e. The number of fused-ring (bicyclic) bond motifs is 1. The van der Waals surface area contributed by atoms with Gasteiger partial charge in [0.05, 0.1) is 11.6 Å². The van der Waals surface area contributed by atoms with Gasteiger partial charge in [0.2, 0.25) is 5.91 Å². The Bertz CT molecular complexity index is 708. The van der Waals surface area contributed by atoms with Gasteiger partial charge in [-0.2, -0.15) is 0 Å². The van der Waals surface area contributed by atoms with E-state index in [0.717, 1.165) is 5.56 Å². The van der Waals surface area contributed by atoms with E-state index in [4.69, 9.17) is 0 Å². The molecular weight excluding hydrogens is 292 g/mol. The van der Waals surface area contributed by atoms with Crippen LogP contribution in [0.1, 0.15) is 25.5 Å². The van der Waals surface area contributed by atoms with Crippen LogP contribution in [0.3, 0.4) is 0 Å². The lowest BCUT2D eigenvalue weighted by molar-refractivity contribution is -0.135. The van der Waals surface area contributed by atoms with Gasteiger partial charge in [0.1, 0.15) is 6.04 Å². The molecule has 1 N–H and O–H groups in total. The fourth-order valence-corrected chi connectivity index (χ4v) is 3.62. The molecule has 5 heteroatoms. The van der Waals surface area contributed by atoms with Gasteiger partial charge in [0.15, 0.2) is 0 Å². The summed E-state index contributed by atoms with van der Waals surface area (Å²) in [6.07, 6.45) is 3.48. The van der Waals surface area contributed by atoms with E-state index in [0.29, 0.717) is 11.3 Å². The van der Waals surface area contributed by atoms with E-state index in [1.54, 1.807) is 20.2 Å². The molecule has 2 aliphatic rings. The first kappa shape index (κ1) is 15.3. The predicted molar refractivity (Wildman–Crippen MR) is 86.2 cm³/mol. The number of amides is 1. The summed E-state index contributed by atoms with van der Waals surface area (Å²) in [4.78, 5) is 27.9. The van der Waals surface area contributed by atoms with Crippen molar-refractivity contribution in [2.24, 2.45) is 5.92 Å². The lowest BCUT2D eigenvalue weighted by atomic mass is 9.90. The second-order valence-electron chi connectivity index (χ2n) is 6.06. The van der Waals surface area contributed by atoms with E-state index < -0.39 is 17.9 Å². The summed E-state index contributed by atoms with van der Waals surface area (Å²) < 4.78 is 0. The molecule has 5 nitrogen and oxygen atoms in total. The van der Waals surface area contributed by atoms with Crippen LogP contribution < -0.4 is 0 Å². The lowest BCUT2D eigenvalue weighted by Gasteiger charge is -2.38. The third kappa shape index (κ3) is 2.32. The van der Waals surface area contributed by atoms with Crippen molar-refractivity contribution in [2.45, 2.75) is 25.9 Å². The van der Waals surface area contributed by atoms with Crippen molar-refractivity contribution in [2.75, 3.05) is 7.05 Å². The number of carboxylic acid groups (broad SMARTS) is 1. The molecule has 1 aromatic rings. The number of hydrogen-bond acceptors (Lipinski definition) is 3. The Morgan fingerprint density at radius 1 is 1.26 bits per heavy atom. The second kappa shape index (κ2) is 5.57. The van der Waals surface area contributed by atoms with Gasteiger partial charge < -0.3 is 14.9 Å². The van der Waals surface area contributed by atoms with Gasteiger partial charge in [0, 0.05) is 24.9 Å². The van der Waals surface area contributed by atoms with Gasteiger partial charge in [-0.05, 0) is 19.4 Å². The molecule has 2 aliphatic heterocycles. The molecule has 3 atom stereocenters. The maximum absolute atomic E-state index is 12.7. The summed E-state index contributed by atoms with van der Waals surface area (Å²) in [5, 5.41) is 9.60. The molecule has 0 bridgehead atoms. The van der Waals surface area contributed by atoms with Crippen LogP contribution in [0.15, 0.2) is 53.9 Å². The van der Waals surface area contributed by atoms with Crippen LogP contribution in [0.4, 0.5) is 0 Å². The zero-order valence-electron chi connectivity index (χ0n) is 13.4. The monoisotopic (exact) mass is 312 g/mol. The fourth-order valence-electron chi connectivity index (χ4n) is 3.62. The Kier molecular flexibility index (Phi) is 3.72. The van der Waals surface area contributed by atoms with Crippen molar-refractivity contribution < 1.29 is 14.7 Å². The molecule has 0 saturated heterocycles. The standard InChI is InChI=1S/C18H20N2O3/c1-11(13-7-5-4-6-8-13)20-12(2)15(18(22)23)14-9-10-19(3)17(21)16(14)20/h4-11,14,16H,1-3H3,(H,22,23). The first-order valence-electron chi connectivity index (χ1n) is 7.65. The summed E-state index contributed by atoms with van der Waals surface area (Å²) in [6.45, 7) is 3.80. The van der Waals surface area contributed by atoms with Gasteiger partial charge in [-0.3, -0.25) is 4.79 Å². The number of nitrogens with zero attached hydrogens (tertiary/aromatic N) is 2. The van der Waals surface area contributed by atoms with E-state index in [1.807, 2.05) is 48.2 Å². The first-order valence-corrected chi connectivity index (χ1v) is 7.65. The highest BCUT2D eigenvalue weighted by atomic mass is 16.4. The van der Waals surface area contributed by atoms with E-state index in [2.05, 4.69) is 0 Å². The number of allylic oxidation sites excluding steroid dienone is 1. The topological polar surface area (TPSA) is 60.9 Å². The van der Waals surface area contributed by atoms with E-state index >= 15 is 0 Å². The van der Waals surface area contributed by atoms with Crippen LogP contribution in [0.5, 0.6) is 0 Å². The van der Waals surface area contributed by atoms with E-state index in [1.165, 1.54) is 4.90 Å². The number of likely N-dealkylation sites (N-methyl/N-ethyl adjacent to an activating group) is 1. The van der Waals surface area contributed by atoms with E-state index in [-0.39, 0.29) is 11.9 Å². The van der Waals surface area contributed by atoms with Gasteiger partial charge in [-0.25, -0.2) is 4.79 Å². The van der Waals surface area contributed by atoms with Crippen molar-refractivity contribution in [1.29, 1.82) is 0 Å². The summed E-state index contributed by atoms with van der Waals surface area (Å²) in [5.41, 5.74) is 2.04. The number of carbonyl (C=O) groups excluding carboxylic acids is 1. The molecule has 23 heavy (non-hydrogen) atoms. The third-order valence-electron chi connectivity index (χ3n) is 4.80. The molecule has 0 spiro atoms. The van der Waals surface area contributed by atoms with Crippen LogP contribution >= 0.6 is 0 Å². The zero-order valence-corrected chi connectivity index (χ0v) is 13.4. The fraction of sp³-hybridized carbons (Fsp3) is 0.333. The second-order valence-corrected chi connectivity index (χ2v) is 6.06. The SMILES string of the molecule is CC1=C(C(=O)O)C2C=CN(C)C(=O)C2N1C(C)c1ccccc1. The van der Waals surface area contributed by atoms with Gasteiger partial charge in [-0.1, -0.05) is 36.4 Å². The highest BCUT2D eigenvalue weighted by molar-refractivity contribution is 5.95. The molecule has 0 aromatic heterocycles. The predicted octanol–water partition coefficient (Wildman–Crippen LogP) is 2.39. The van der Waals surface area contributed by atoms with Crippen molar-refractivity contribution in [3.8, 4) is 0 Å². The maximum atomic E-state index is 12.7. The summed E-state index contributed by atoms with van der Waals surface area (Å²) in [5.74, 6) is -1.43. The first-order chi connectivity index (χ1) is 10.9. The minimum absolute atomic E-state index is 0.0733. The Morgan fingerprint density at radius 2 is 1.91 bits per heavy atom. The van der Waals surface area contributed by atoms with Crippen molar-refractivity contribution in [3.63, 3.8) is 0 Å². The molecule has 120 valence electrons. The molecular formula is C18H20N2O3. The molecule has 0 saturated carbocycles. The Labute approximate surface area is 135 Å². The third-order valence-corrected chi connectivity index (χ3v) is 4.80. The maximum Gasteiger partial charge on any atom is 0.334 e. The van der Waals surface area contributed by atoms with Crippen LogP contribution in [-0.4, -0.2) is 39.9 Å². The van der Waals surface area contributed by atoms with Gasteiger partial charge in [0.25, 0.3) is 0 Å². The number of carbonyl (C=O) groups is 2. The minimum Gasteiger partial charge on any atom is -0.478 e. The average molecular weight is 312 g/mol. The van der Waals surface area contributed by atoms with Crippen LogP contribution in [0.2, 0.25) is 0 Å². The Balaban J connectivity index is 2.09. The van der Waals surface area contributed by atoms with E-state index in [9.17, 15) is 14.7 Å². The van der Waals surface area contributed by atoms with Crippen molar-refractivity contribution >= 4 is 11.9 Å². The zero-order chi connectivity index (χ0) is 16.7. The summed E-state index contributed by atoms with van der Waals surface area (Å²) in [6, 6.07) is 9.26. The molecule has 3 rings (SSSR count). The molecule has 0 aliphatic carbocycles. The summed E-state index contributed by atoms with van der Waals surface area (Å²) in [7, 11) is 1.70. The molecule has 1 amide bonds. The number of aliphatic carboxylic acids is 1. The van der Waals surface area contributed by atoms with Crippen molar-refractivity contribution in [3.05, 3.63) is 59.4 Å². The molecule has 0 fully saturated rings. The molecule has 1 aromatic carbocycles.